The van der Waals surface area contributed by atoms with Crippen LogP contribution in [0.15, 0.2) is 78.9 Å². The molecule has 0 aromatic heterocycles. The van der Waals surface area contributed by atoms with Gasteiger partial charge in [0.2, 0.25) is 0 Å². The molecule has 61 heavy (non-hydrogen) atoms. The average Bonchev–Trinajstić information content (AvgIpc) is 3.22. The Labute approximate surface area is 381 Å². The first-order valence-corrected chi connectivity index (χ1v) is 25.7. The molecule has 0 radical (unpaired) electrons. The fourth-order valence-corrected chi connectivity index (χ4v) is 10.1. The number of hydrogen-bond donors (Lipinski definition) is 0. The third kappa shape index (κ3) is 21.9. The van der Waals surface area contributed by atoms with Gasteiger partial charge in [0.25, 0.3) is 0 Å². The summed E-state index contributed by atoms with van der Waals surface area (Å²) in [6.07, 6.45) is 18.9. The summed E-state index contributed by atoms with van der Waals surface area (Å²) in [5.41, 5.74) is 10.8. The van der Waals surface area contributed by atoms with Gasteiger partial charge >= 0.3 is 0 Å². The number of aryl methyl sites for hydroxylation is 6. The van der Waals surface area contributed by atoms with Crippen molar-refractivity contribution < 1.29 is 0 Å². The Hall–Kier alpha value is -2.86. The lowest BCUT2D eigenvalue weighted by molar-refractivity contribution is -0.0549. The van der Waals surface area contributed by atoms with Crippen molar-refractivity contribution in [2.24, 2.45) is 46.8 Å². The van der Waals surface area contributed by atoms with Gasteiger partial charge in [-0.2, -0.15) is 0 Å². The van der Waals surface area contributed by atoms with E-state index in [-0.39, 0.29) is 0 Å². The predicted molar refractivity (Wildman–Crippen MR) is 279 cm³/mol. The standard InChI is InChI=1S/C12H16.C12H12.C9H16.C8H16.C8H10.C6H12.3C2H6/c2*1-9-3-5-12-8-10(2)4-6-11(12)7-9;1-7-3-9(4-7)5-8(2)6-9;2*1-7-3-5-8(2)6-4-7;1-5-3-6(2)4-5;3*1-2/h3,5,7,10H,4,6,8H2,1-2H3;3-8H,1-2H3;7-8H,3-6H2,1-2H3;7-8H,3-6H2,1-2H3;3-6H,1-2H3;5-6H,3-4H2,1-2H3;3*1-2H3. The second kappa shape index (κ2) is 30.3. The molecule has 0 N–H and O–H groups in total. The average molecular weight is 833 g/mol. The van der Waals surface area contributed by atoms with E-state index in [1.807, 2.05) is 41.5 Å². The largest absolute Gasteiger partial charge is 0.0683 e. The topological polar surface area (TPSA) is 0 Å². The van der Waals surface area contributed by atoms with Crippen LogP contribution in [0.3, 0.4) is 0 Å². The minimum absolute atomic E-state index is 0.888. The number of hydrogen-bond acceptors (Lipinski definition) is 0. The van der Waals surface area contributed by atoms with Gasteiger partial charge in [-0.05, 0) is 161 Å². The SMILES string of the molecule is CC.CC.CC.CC1CC(C)C1.CC1CC2(C1)CC(C)C2.CC1CCC(C)CC1.Cc1ccc(C)cc1.Cc1ccc2c(c1)CCC(C)C2.Cc1ccc2cc(C)ccc2c1. The van der Waals surface area contributed by atoms with Crippen LogP contribution in [0.5, 0.6) is 0 Å². The van der Waals surface area contributed by atoms with Gasteiger partial charge in [-0.25, -0.2) is 0 Å². The van der Waals surface area contributed by atoms with E-state index in [9.17, 15) is 0 Å². The summed E-state index contributed by atoms with van der Waals surface area (Å²) in [6.45, 7) is 39.1. The van der Waals surface area contributed by atoms with E-state index in [1.165, 1.54) is 122 Å². The zero-order valence-electron chi connectivity index (χ0n) is 43.7. The van der Waals surface area contributed by atoms with Crippen LogP contribution >= 0.6 is 0 Å². The summed E-state index contributed by atoms with van der Waals surface area (Å²) in [5.74, 6) is 7.12. The van der Waals surface area contributed by atoms with Crippen molar-refractivity contribution in [1.82, 2.24) is 0 Å². The van der Waals surface area contributed by atoms with Crippen LogP contribution in [-0.4, -0.2) is 0 Å². The Morgan fingerprint density at radius 3 is 1.03 bits per heavy atom. The van der Waals surface area contributed by atoms with Crippen LogP contribution < -0.4 is 0 Å². The Kier molecular flexibility index (Phi) is 27.9. The van der Waals surface area contributed by atoms with Crippen molar-refractivity contribution in [3.63, 3.8) is 0 Å². The quantitative estimate of drug-likeness (QED) is 0.166. The first-order valence-electron chi connectivity index (χ1n) is 25.7. The van der Waals surface area contributed by atoms with Crippen molar-refractivity contribution in [3.8, 4) is 0 Å². The molecule has 0 nitrogen and oxygen atoms in total. The van der Waals surface area contributed by atoms with Crippen molar-refractivity contribution in [2.45, 2.75) is 208 Å². The normalized spacial score (nSPS) is 25.9. The molecule has 5 aliphatic rings. The van der Waals surface area contributed by atoms with E-state index in [1.54, 1.807) is 11.1 Å². The van der Waals surface area contributed by atoms with Crippen molar-refractivity contribution in [1.29, 1.82) is 0 Å². The molecule has 1 unspecified atom stereocenters. The third-order valence-electron chi connectivity index (χ3n) is 13.2. The molecule has 4 saturated carbocycles. The first kappa shape index (κ1) is 56.2. The van der Waals surface area contributed by atoms with Gasteiger partial charge in [-0.15, -0.1) is 0 Å². The fourth-order valence-electron chi connectivity index (χ4n) is 10.1. The molecule has 9 rings (SSSR count). The maximum absolute atomic E-state index is 2.38. The highest BCUT2D eigenvalue weighted by Crippen LogP contribution is 2.60. The third-order valence-corrected chi connectivity index (χ3v) is 13.2. The monoisotopic (exact) mass is 833 g/mol. The lowest BCUT2D eigenvalue weighted by atomic mass is 9.49. The molecule has 5 aliphatic carbocycles. The molecule has 1 spiro atoms. The molecule has 0 saturated heterocycles. The summed E-state index contributed by atoms with van der Waals surface area (Å²) in [4.78, 5) is 0. The van der Waals surface area contributed by atoms with Crippen molar-refractivity contribution in [2.75, 3.05) is 0 Å². The Morgan fingerprint density at radius 1 is 0.344 bits per heavy atom. The summed E-state index contributed by atoms with van der Waals surface area (Å²) in [7, 11) is 0. The van der Waals surface area contributed by atoms with Gasteiger partial charge in [0.15, 0.2) is 0 Å². The molecule has 0 amide bonds. The van der Waals surface area contributed by atoms with E-state index < -0.39 is 0 Å². The van der Waals surface area contributed by atoms with Crippen LogP contribution in [-0.2, 0) is 12.8 Å². The molecule has 4 fully saturated rings. The Morgan fingerprint density at radius 2 is 0.689 bits per heavy atom. The fraction of sp³-hybridized carbons (Fsp3) is 0.639. The Bertz CT molecular complexity index is 1580. The smallest absolute Gasteiger partial charge is 0.0181 e. The van der Waals surface area contributed by atoms with Gasteiger partial charge in [-0.1, -0.05) is 222 Å². The summed E-state index contributed by atoms with van der Waals surface area (Å²) in [6, 6.07) is 28.5. The number of benzene rings is 4. The van der Waals surface area contributed by atoms with Crippen molar-refractivity contribution >= 4 is 10.8 Å². The highest BCUT2D eigenvalue weighted by molar-refractivity contribution is 5.83. The number of rotatable bonds is 0. The zero-order chi connectivity index (χ0) is 46.1. The highest BCUT2D eigenvalue weighted by Gasteiger charge is 2.49. The van der Waals surface area contributed by atoms with E-state index in [2.05, 4.69) is 162 Å². The number of fused-ring (bicyclic) bond motifs is 2. The second-order valence-electron chi connectivity index (χ2n) is 20.2. The van der Waals surface area contributed by atoms with Gasteiger partial charge < -0.3 is 0 Å². The lowest BCUT2D eigenvalue weighted by Gasteiger charge is -2.56. The Balaban J connectivity index is 0.000000361. The van der Waals surface area contributed by atoms with Crippen LogP contribution in [0.2, 0.25) is 0 Å². The molecule has 0 bridgehead atoms. The zero-order valence-corrected chi connectivity index (χ0v) is 43.7. The van der Waals surface area contributed by atoms with Gasteiger partial charge in [0, 0.05) is 0 Å². The minimum atomic E-state index is 0.888. The van der Waals surface area contributed by atoms with Crippen molar-refractivity contribution in [3.05, 3.63) is 118 Å². The summed E-state index contributed by atoms with van der Waals surface area (Å²) < 4.78 is 0. The van der Waals surface area contributed by atoms with E-state index in [0.717, 1.165) is 46.8 Å². The van der Waals surface area contributed by atoms with Crippen LogP contribution in [0.4, 0.5) is 0 Å². The molecule has 0 heteroatoms. The lowest BCUT2D eigenvalue weighted by Crippen LogP contribution is -2.45. The predicted octanol–water partition coefficient (Wildman–Crippen LogP) is 19.7. The summed E-state index contributed by atoms with van der Waals surface area (Å²) >= 11 is 0. The first-order chi connectivity index (χ1) is 29.1. The molecule has 4 aromatic carbocycles. The second-order valence-corrected chi connectivity index (χ2v) is 20.2. The highest BCUT2D eigenvalue weighted by atomic mass is 14.5. The van der Waals surface area contributed by atoms with Gasteiger partial charge in [-0.3, -0.25) is 0 Å². The van der Waals surface area contributed by atoms with Gasteiger partial charge in [0.1, 0.15) is 0 Å². The molecule has 344 valence electrons. The summed E-state index contributed by atoms with van der Waals surface area (Å²) in [5, 5.41) is 2.67. The van der Waals surface area contributed by atoms with E-state index in [4.69, 9.17) is 0 Å². The molecule has 0 heterocycles. The maximum atomic E-state index is 2.38. The minimum Gasteiger partial charge on any atom is -0.0683 e. The maximum Gasteiger partial charge on any atom is -0.0181 e. The van der Waals surface area contributed by atoms with E-state index >= 15 is 0 Å². The molecule has 1 atom stereocenters. The van der Waals surface area contributed by atoms with Crippen LogP contribution in [0.1, 0.15) is 200 Å². The van der Waals surface area contributed by atoms with Gasteiger partial charge in [0.05, 0.1) is 0 Å². The molecular formula is C61H100. The molecular weight excluding hydrogens is 733 g/mol. The molecule has 0 aliphatic heterocycles. The van der Waals surface area contributed by atoms with Crippen LogP contribution in [0.25, 0.3) is 10.8 Å². The van der Waals surface area contributed by atoms with E-state index in [0.29, 0.717) is 0 Å². The molecule has 4 aromatic rings. The van der Waals surface area contributed by atoms with Crippen LogP contribution in [0, 0.1) is 81.5 Å².